The van der Waals surface area contributed by atoms with E-state index in [0.717, 1.165) is 0 Å². The first-order valence-corrected chi connectivity index (χ1v) is 12.5. The van der Waals surface area contributed by atoms with E-state index in [1.54, 1.807) is 61.5 Å². The quantitative estimate of drug-likeness (QED) is 0.275. The number of methoxy groups -OCH3 is 4. The fourth-order valence-electron chi connectivity index (χ4n) is 4.88. The summed E-state index contributed by atoms with van der Waals surface area (Å²) in [5.41, 5.74) is 2.22. The van der Waals surface area contributed by atoms with Gasteiger partial charge in [-0.25, -0.2) is 4.79 Å². The molecule has 0 spiro atoms. The number of amides is 1. The van der Waals surface area contributed by atoms with Gasteiger partial charge in [0.05, 0.1) is 45.9 Å². The molecule has 41 heavy (non-hydrogen) atoms. The molecule has 0 saturated carbocycles. The van der Waals surface area contributed by atoms with Gasteiger partial charge < -0.3 is 28.8 Å². The van der Waals surface area contributed by atoms with Crippen molar-refractivity contribution in [3.05, 3.63) is 81.8 Å². The molecule has 0 atom stereocenters. The smallest absolute Gasteiger partial charge is 0.338 e. The molecule has 0 aliphatic heterocycles. The monoisotopic (exact) mass is 557 g/mol. The Morgan fingerprint density at radius 2 is 1.63 bits per heavy atom. The van der Waals surface area contributed by atoms with Gasteiger partial charge in [0, 0.05) is 28.9 Å². The maximum atomic E-state index is 13.8. The second kappa shape index (κ2) is 11.0. The van der Waals surface area contributed by atoms with Crippen molar-refractivity contribution < 1.29 is 33.1 Å². The van der Waals surface area contributed by atoms with Gasteiger partial charge in [0.1, 0.15) is 16.7 Å². The lowest BCUT2D eigenvalue weighted by molar-refractivity contribution is -0.115. The van der Waals surface area contributed by atoms with E-state index in [-0.39, 0.29) is 34.4 Å². The molecule has 210 valence electrons. The van der Waals surface area contributed by atoms with Crippen LogP contribution in [0.5, 0.6) is 17.2 Å². The molecule has 0 saturated heterocycles. The topological polar surface area (TPSA) is 131 Å². The Balaban J connectivity index is 1.55. The molecule has 0 bridgehead atoms. The molecule has 1 amide bonds. The van der Waals surface area contributed by atoms with E-state index in [1.807, 2.05) is 0 Å². The van der Waals surface area contributed by atoms with Gasteiger partial charge in [0.15, 0.2) is 11.5 Å². The van der Waals surface area contributed by atoms with Gasteiger partial charge in [-0.2, -0.15) is 0 Å². The highest BCUT2D eigenvalue weighted by atomic mass is 16.5. The number of nitrogens with one attached hydrogen (secondary N) is 1. The zero-order valence-corrected chi connectivity index (χ0v) is 23.1. The molecule has 11 nitrogen and oxygen atoms in total. The number of aromatic nitrogens is 2. The highest BCUT2D eigenvalue weighted by Crippen LogP contribution is 2.40. The van der Waals surface area contributed by atoms with Crippen LogP contribution in [0, 0.1) is 6.92 Å². The molecule has 2 heterocycles. The Morgan fingerprint density at radius 1 is 0.927 bits per heavy atom. The second-order valence-corrected chi connectivity index (χ2v) is 9.10. The molecule has 0 aliphatic rings. The number of ether oxygens (including phenoxy) is 4. The number of hydrogen-bond donors (Lipinski definition) is 1. The maximum Gasteiger partial charge on any atom is 0.338 e. The van der Waals surface area contributed by atoms with E-state index in [2.05, 4.69) is 10.5 Å². The van der Waals surface area contributed by atoms with Crippen LogP contribution in [0.2, 0.25) is 0 Å². The summed E-state index contributed by atoms with van der Waals surface area (Å²) < 4.78 is 27.9. The molecule has 0 unspecified atom stereocenters. The minimum Gasteiger partial charge on any atom is -0.493 e. The third-order valence-corrected chi connectivity index (χ3v) is 6.69. The van der Waals surface area contributed by atoms with Crippen molar-refractivity contribution in [2.24, 2.45) is 0 Å². The van der Waals surface area contributed by atoms with E-state index in [4.69, 9.17) is 23.5 Å². The Morgan fingerprint density at radius 3 is 2.29 bits per heavy atom. The van der Waals surface area contributed by atoms with Crippen molar-refractivity contribution in [3.8, 4) is 22.9 Å². The standard InChI is InChI=1S/C30H27N3O8/c1-16-25-27(32-41-16)26-20(30(36)40-5)10-7-11-21(26)33(29(25)35)19-9-6-8-17(12-19)13-24(34)31-18-14-22(37-2)28(39-4)23(15-18)38-3/h6-12,14-15H,13H2,1-5H3,(H,31,34). The highest BCUT2D eigenvalue weighted by Gasteiger charge is 2.23. The molecular formula is C30H27N3O8. The summed E-state index contributed by atoms with van der Waals surface area (Å²) in [5.74, 6) is 0.671. The molecule has 1 N–H and O–H groups in total. The van der Waals surface area contributed by atoms with Crippen LogP contribution in [-0.4, -0.2) is 50.0 Å². The van der Waals surface area contributed by atoms with Crippen molar-refractivity contribution in [3.63, 3.8) is 0 Å². The Hall–Kier alpha value is -5.32. The van der Waals surface area contributed by atoms with Crippen LogP contribution in [0.15, 0.2) is 63.9 Å². The summed E-state index contributed by atoms with van der Waals surface area (Å²) in [7, 11) is 5.77. The van der Waals surface area contributed by atoms with Gasteiger partial charge in [-0.1, -0.05) is 23.4 Å². The van der Waals surface area contributed by atoms with E-state index >= 15 is 0 Å². The number of carbonyl (C=O) groups excluding carboxylic acids is 2. The number of aryl methyl sites for hydroxylation is 1. The van der Waals surface area contributed by atoms with Crippen LogP contribution in [0.4, 0.5) is 5.69 Å². The largest absolute Gasteiger partial charge is 0.493 e. The zero-order chi connectivity index (χ0) is 29.3. The fraction of sp³-hybridized carbons (Fsp3) is 0.200. The summed E-state index contributed by atoms with van der Waals surface area (Å²) in [5, 5.41) is 7.60. The zero-order valence-electron chi connectivity index (χ0n) is 23.1. The molecular weight excluding hydrogens is 530 g/mol. The number of carbonyl (C=O) groups is 2. The van der Waals surface area contributed by atoms with Crippen LogP contribution in [-0.2, 0) is 16.0 Å². The van der Waals surface area contributed by atoms with Crippen LogP contribution in [0.25, 0.3) is 27.5 Å². The Bertz CT molecular complexity index is 1850. The van der Waals surface area contributed by atoms with Crippen molar-refractivity contribution in [2.75, 3.05) is 33.8 Å². The summed E-state index contributed by atoms with van der Waals surface area (Å²) in [6, 6.07) is 15.3. The number of pyridine rings is 1. The van der Waals surface area contributed by atoms with Crippen LogP contribution < -0.4 is 25.1 Å². The van der Waals surface area contributed by atoms with E-state index in [0.29, 0.717) is 50.8 Å². The molecule has 5 aromatic rings. The average molecular weight is 558 g/mol. The number of benzene rings is 3. The summed E-state index contributed by atoms with van der Waals surface area (Å²) >= 11 is 0. The van der Waals surface area contributed by atoms with E-state index < -0.39 is 5.97 Å². The lowest BCUT2D eigenvalue weighted by Crippen LogP contribution is -2.21. The number of hydrogen-bond acceptors (Lipinski definition) is 9. The van der Waals surface area contributed by atoms with Gasteiger partial charge >= 0.3 is 5.97 Å². The van der Waals surface area contributed by atoms with E-state index in [9.17, 15) is 14.4 Å². The van der Waals surface area contributed by atoms with Gasteiger partial charge in [-0.05, 0) is 36.8 Å². The number of esters is 1. The number of fused-ring (bicyclic) bond motifs is 3. The normalized spacial score (nSPS) is 11.0. The summed E-state index contributed by atoms with van der Waals surface area (Å²) in [6.45, 7) is 1.64. The van der Waals surface area contributed by atoms with Gasteiger partial charge in [-0.3, -0.25) is 14.2 Å². The van der Waals surface area contributed by atoms with Gasteiger partial charge in [0.25, 0.3) is 5.56 Å². The Kier molecular flexibility index (Phi) is 7.34. The van der Waals surface area contributed by atoms with E-state index in [1.165, 1.54) is 33.0 Å². The molecule has 2 aromatic heterocycles. The Labute approximate surface area is 234 Å². The fourth-order valence-corrected chi connectivity index (χ4v) is 4.88. The first kappa shape index (κ1) is 27.3. The highest BCUT2D eigenvalue weighted by molar-refractivity contribution is 6.14. The van der Waals surface area contributed by atoms with Crippen LogP contribution in [0.1, 0.15) is 21.7 Å². The molecule has 0 aliphatic carbocycles. The molecule has 3 aromatic carbocycles. The number of anilines is 1. The predicted molar refractivity (Wildman–Crippen MR) is 152 cm³/mol. The minimum atomic E-state index is -0.569. The van der Waals surface area contributed by atoms with Crippen molar-refractivity contribution in [2.45, 2.75) is 13.3 Å². The van der Waals surface area contributed by atoms with Crippen molar-refractivity contribution >= 4 is 39.4 Å². The third-order valence-electron chi connectivity index (χ3n) is 6.69. The predicted octanol–water partition coefficient (Wildman–Crippen LogP) is 4.43. The first-order chi connectivity index (χ1) is 19.8. The SMILES string of the molecule is COC(=O)c1cccc2c1c1noc(C)c1c(=O)n2-c1cccc(CC(=O)Nc2cc(OC)c(OC)c(OC)c2)c1. The lowest BCUT2D eigenvalue weighted by atomic mass is 10.0. The lowest BCUT2D eigenvalue weighted by Gasteiger charge is -2.15. The number of rotatable bonds is 8. The molecule has 5 rings (SSSR count). The second-order valence-electron chi connectivity index (χ2n) is 9.10. The summed E-state index contributed by atoms with van der Waals surface area (Å²) in [4.78, 5) is 39.4. The molecule has 0 radical (unpaired) electrons. The summed E-state index contributed by atoms with van der Waals surface area (Å²) in [6.07, 6.45) is 0.0130. The third kappa shape index (κ3) is 4.82. The van der Waals surface area contributed by atoms with Gasteiger partial charge in [0.2, 0.25) is 11.7 Å². The first-order valence-electron chi connectivity index (χ1n) is 12.5. The average Bonchev–Trinajstić information content (AvgIpc) is 3.37. The van der Waals surface area contributed by atoms with Crippen molar-refractivity contribution in [1.82, 2.24) is 9.72 Å². The van der Waals surface area contributed by atoms with Gasteiger partial charge in [-0.15, -0.1) is 0 Å². The number of nitrogens with zero attached hydrogens (tertiary/aromatic N) is 2. The molecule has 0 fully saturated rings. The molecule has 11 heteroatoms. The van der Waals surface area contributed by atoms with Crippen molar-refractivity contribution in [1.29, 1.82) is 0 Å². The maximum absolute atomic E-state index is 13.8. The minimum absolute atomic E-state index is 0.0130. The van der Waals surface area contributed by atoms with Crippen LogP contribution >= 0.6 is 0 Å². The van der Waals surface area contributed by atoms with Crippen LogP contribution in [0.3, 0.4) is 0 Å².